The van der Waals surface area contributed by atoms with E-state index < -0.39 is 0 Å². The smallest absolute Gasteiger partial charge is 0.267 e. The molecule has 2 N–H and O–H groups in total. The molecule has 1 aromatic carbocycles. The fourth-order valence-corrected chi connectivity index (χ4v) is 3.90. The van der Waals surface area contributed by atoms with Crippen LogP contribution in [0.5, 0.6) is 0 Å². The van der Waals surface area contributed by atoms with Crippen molar-refractivity contribution in [2.24, 2.45) is 0 Å². The molecular weight excluding hydrogens is 334 g/mol. The Morgan fingerprint density at radius 1 is 1.16 bits per heavy atom. The minimum atomic E-state index is -0.164. The summed E-state index contributed by atoms with van der Waals surface area (Å²) in [5, 5.41) is 6.89. The quantitative estimate of drug-likeness (QED) is 0.820. The fourth-order valence-electron chi connectivity index (χ4n) is 2.98. The standard InChI is InChI=1S/C19H23N3O2S/c1-2-5-17-20-12-16(25-17)19(24)22-15-10-8-13(9-11-15)18(23)21-14-6-3-4-7-14/h8-12,14H,2-7H2,1H3,(H,21,23)(H,22,24). The highest BCUT2D eigenvalue weighted by atomic mass is 32.1. The monoisotopic (exact) mass is 357 g/mol. The van der Waals surface area contributed by atoms with Crippen molar-refractivity contribution in [3.63, 3.8) is 0 Å². The number of thiazole rings is 1. The molecule has 1 aliphatic rings. The Hall–Kier alpha value is -2.21. The number of aromatic nitrogens is 1. The third-order valence-electron chi connectivity index (χ3n) is 4.34. The molecule has 2 aromatic rings. The lowest BCUT2D eigenvalue weighted by Crippen LogP contribution is -2.32. The maximum absolute atomic E-state index is 12.3. The van der Waals surface area contributed by atoms with Gasteiger partial charge in [-0.15, -0.1) is 11.3 Å². The minimum Gasteiger partial charge on any atom is -0.349 e. The number of carbonyl (C=O) groups excluding carboxylic acids is 2. The maximum atomic E-state index is 12.3. The van der Waals surface area contributed by atoms with Gasteiger partial charge in [-0.3, -0.25) is 9.59 Å². The highest BCUT2D eigenvalue weighted by molar-refractivity contribution is 7.13. The number of hydrogen-bond donors (Lipinski definition) is 2. The van der Waals surface area contributed by atoms with E-state index in [1.165, 1.54) is 24.2 Å². The molecule has 5 nitrogen and oxygen atoms in total. The second-order valence-corrected chi connectivity index (χ2v) is 7.47. The number of aryl methyl sites for hydroxylation is 1. The Labute approximate surface area is 151 Å². The van der Waals surface area contributed by atoms with Crippen molar-refractivity contribution in [3.8, 4) is 0 Å². The summed E-state index contributed by atoms with van der Waals surface area (Å²) in [5.74, 6) is -0.209. The Kier molecular flexibility index (Phi) is 5.81. The van der Waals surface area contributed by atoms with E-state index in [1.807, 2.05) is 0 Å². The third kappa shape index (κ3) is 4.66. The number of nitrogens with one attached hydrogen (secondary N) is 2. The van der Waals surface area contributed by atoms with Crippen LogP contribution in [0.15, 0.2) is 30.5 Å². The highest BCUT2D eigenvalue weighted by Crippen LogP contribution is 2.19. The van der Waals surface area contributed by atoms with Crippen molar-refractivity contribution in [2.45, 2.75) is 51.5 Å². The normalized spacial score (nSPS) is 14.4. The summed E-state index contributed by atoms with van der Waals surface area (Å²) in [6.07, 6.45) is 8.03. The Morgan fingerprint density at radius 3 is 2.56 bits per heavy atom. The van der Waals surface area contributed by atoms with Gasteiger partial charge in [0, 0.05) is 17.3 Å². The van der Waals surface area contributed by atoms with Gasteiger partial charge in [0.2, 0.25) is 0 Å². The van der Waals surface area contributed by atoms with E-state index in [-0.39, 0.29) is 11.8 Å². The van der Waals surface area contributed by atoms with Crippen molar-refractivity contribution in [1.82, 2.24) is 10.3 Å². The number of rotatable bonds is 6. The van der Waals surface area contributed by atoms with Crippen LogP contribution in [0, 0.1) is 0 Å². The number of carbonyl (C=O) groups is 2. The zero-order valence-electron chi connectivity index (χ0n) is 14.4. The van der Waals surface area contributed by atoms with Crippen LogP contribution in [0.1, 0.15) is 64.1 Å². The van der Waals surface area contributed by atoms with E-state index in [0.717, 1.165) is 30.7 Å². The van der Waals surface area contributed by atoms with Crippen LogP contribution in [0.3, 0.4) is 0 Å². The number of nitrogens with zero attached hydrogens (tertiary/aromatic N) is 1. The van der Waals surface area contributed by atoms with Crippen molar-refractivity contribution in [2.75, 3.05) is 5.32 Å². The van der Waals surface area contributed by atoms with Gasteiger partial charge in [-0.25, -0.2) is 4.98 Å². The molecule has 0 aliphatic heterocycles. The van der Waals surface area contributed by atoms with Crippen LogP contribution in [0.2, 0.25) is 0 Å². The molecule has 0 radical (unpaired) electrons. The molecule has 25 heavy (non-hydrogen) atoms. The largest absolute Gasteiger partial charge is 0.349 e. The van der Waals surface area contributed by atoms with Crippen LogP contribution in [-0.2, 0) is 6.42 Å². The van der Waals surface area contributed by atoms with E-state index in [0.29, 0.717) is 22.2 Å². The molecule has 1 saturated carbocycles. The van der Waals surface area contributed by atoms with Gasteiger partial charge in [0.1, 0.15) is 4.88 Å². The van der Waals surface area contributed by atoms with Crippen molar-refractivity contribution >= 4 is 28.8 Å². The van der Waals surface area contributed by atoms with E-state index >= 15 is 0 Å². The third-order valence-corrected chi connectivity index (χ3v) is 5.39. The van der Waals surface area contributed by atoms with Gasteiger partial charge in [-0.05, 0) is 49.9 Å². The summed E-state index contributed by atoms with van der Waals surface area (Å²) in [6, 6.07) is 7.31. The molecule has 132 valence electrons. The topological polar surface area (TPSA) is 71.1 Å². The lowest BCUT2D eigenvalue weighted by Gasteiger charge is -2.12. The van der Waals surface area contributed by atoms with Crippen molar-refractivity contribution in [3.05, 3.63) is 45.9 Å². The number of amides is 2. The first-order chi connectivity index (χ1) is 12.2. The summed E-state index contributed by atoms with van der Waals surface area (Å²) in [7, 11) is 0. The highest BCUT2D eigenvalue weighted by Gasteiger charge is 2.18. The van der Waals surface area contributed by atoms with Crippen LogP contribution < -0.4 is 10.6 Å². The molecule has 6 heteroatoms. The van der Waals surface area contributed by atoms with E-state index in [1.54, 1.807) is 30.5 Å². The summed E-state index contributed by atoms with van der Waals surface area (Å²) in [6.45, 7) is 2.09. The first-order valence-corrected chi connectivity index (χ1v) is 9.64. The van der Waals surface area contributed by atoms with Crippen LogP contribution >= 0.6 is 11.3 Å². The van der Waals surface area contributed by atoms with Crippen molar-refractivity contribution in [1.29, 1.82) is 0 Å². The lowest BCUT2D eigenvalue weighted by molar-refractivity contribution is 0.0937. The van der Waals surface area contributed by atoms with Gasteiger partial charge in [0.05, 0.1) is 11.2 Å². The number of hydrogen-bond acceptors (Lipinski definition) is 4. The number of benzene rings is 1. The van der Waals surface area contributed by atoms with Crippen LogP contribution in [0.4, 0.5) is 5.69 Å². The first-order valence-electron chi connectivity index (χ1n) is 8.82. The SMILES string of the molecule is CCCc1ncc(C(=O)Nc2ccc(C(=O)NC3CCCC3)cc2)s1. The van der Waals surface area contributed by atoms with Gasteiger partial charge >= 0.3 is 0 Å². The zero-order valence-corrected chi connectivity index (χ0v) is 15.2. The van der Waals surface area contributed by atoms with Crippen molar-refractivity contribution < 1.29 is 9.59 Å². The van der Waals surface area contributed by atoms with Gasteiger partial charge in [-0.2, -0.15) is 0 Å². The van der Waals surface area contributed by atoms with Gasteiger partial charge in [0.25, 0.3) is 11.8 Å². The molecule has 1 fully saturated rings. The summed E-state index contributed by atoms with van der Waals surface area (Å²) >= 11 is 1.42. The number of anilines is 1. The summed E-state index contributed by atoms with van der Waals surface area (Å²) in [5.41, 5.74) is 1.29. The van der Waals surface area contributed by atoms with E-state index in [4.69, 9.17) is 0 Å². The molecule has 1 aromatic heterocycles. The molecule has 0 unspecified atom stereocenters. The molecule has 0 atom stereocenters. The van der Waals surface area contributed by atoms with Crippen LogP contribution in [0.25, 0.3) is 0 Å². The fraction of sp³-hybridized carbons (Fsp3) is 0.421. The van der Waals surface area contributed by atoms with Crippen LogP contribution in [-0.4, -0.2) is 22.8 Å². The maximum Gasteiger partial charge on any atom is 0.267 e. The molecule has 1 heterocycles. The average Bonchev–Trinajstić information content (AvgIpc) is 3.28. The van der Waals surface area contributed by atoms with E-state index in [2.05, 4.69) is 22.5 Å². The molecule has 0 bridgehead atoms. The predicted octanol–water partition coefficient (Wildman–Crippen LogP) is 4.02. The molecule has 0 spiro atoms. The second kappa shape index (κ2) is 8.25. The Morgan fingerprint density at radius 2 is 1.88 bits per heavy atom. The zero-order chi connectivity index (χ0) is 17.6. The Balaban J connectivity index is 1.57. The van der Waals surface area contributed by atoms with Gasteiger partial charge in [0.15, 0.2) is 0 Å². The minimum absolute atomic E-state index is 0.0450. The predicted molar refractivity (Wildman–Crippen MR) is 100 cm³/mol. The van der Waals surface area contributed by atoms with E-state index in [9.17, 15) is 9.59 Å². The second-order valence-electron chi connectivity index (χ2n) is 6.35. The summed E-state index contributed by atoms with van der Waals surface area (Å²) in [4.78, 5) is 29.3. The molecule has 1 aliphatic carbocycles. The van der Waals surface area contributed by atoms with Gasteiger partial charge in [-0.1, -0.05) is 19.8 Å². The average molecular weight is 357 g/mol. The molecular formula is C19H23N3O2S. The first kappa shape index (κ1) is 17.6. The molecule has 0 saturated heterocycles. The Bertz CT molecular complexity index is 733. The molecule has 3 rings (SSSR count). The lowest BCUT2D eigenvalue weighted by atomic mass is 10.1. The summed E-state index contributed by atoms with van der Waals surface area (Å²) < 4.78 is 0. The van der Waals surface area contributed by atoms with Gasteiger partial charge < -0.3 is 10.6 Å². The molecule has 2 amide bonds.